The van der Waals surface area contributed by atoms with Crippen molar-refractivity contribution in [2.75, 3.05) is 12.0 Å². The predicted octanol–water partition coefficient (Wildman–Crippen LogP) is 2.67. The molecule has 1 aliphatic rings. The largest absolute Gasteiger partial charge is 0.357 e. The SMILES string of the molecule is COC1C=Cc2ccccc2N1C(=O)C(C)C. The highest BCUT2D eigenvalue weighted by Gasteiger charge is 2.29. The van der Waals surface area contributed by atoms with E-state index in [2.05, 4.69) is 0 Å². The van der Waals surface area contributed by atoms with Crippen LogP contribution >= 0.6 is 0 Å². The Balaban J connectivity index is 2.46. The molecule has 1 aromatic rings. The number of nitrogens with zero attached hydrogens (tertiary/aromatic N) is 1. The zero-order chi connectivity index (χ0) is 12.4. The molecule has 1 heterocycles. The summed E-state index contributed by atoms with van der Waals surface area (Å²) in [7, 11) is 1.61. The van der Waals surface area contributed by atoms with E-state index in [1.807, 2.05) is 50.3 Å². The first kappa shape index (κ1) is 11.9. The van der Waals surface area contributed by atoms with Crippen LogP contribution in [0.5, 0.6) is 0 Å². The van der Waals surface area contributed by atoms with E-state index in [0.717, 1.165) is 11.3 Å². The van der Waals surface area contributed by atoms with Crippen molar-refractivity contribution in [3.63, 3.8) is 0 Å². The maximum atomic E-state index is 12.2. The lowest BCUT2D eigenvalue weighted by atomic mass is 10.0. The maximum absolute atomic E-state index is 12.2. The van der Waals surface area contributed by atoms with Crippen molar-refractivity contribution in [1.82, 2.24) is 0 Å². The average molecular weight is 231 g/mol. The first-order valence-corrected chi connectivity index (χ1v) is 5.78. The number of benzene rings is 1. The lowest BCUT2D eigenvalue weighted by Gasteiger charge is -2.33. The fraction of sp³-hybridized carbons (Fsp3) is 0.357. The van der Waals surface area contributed by atoms with Gasteiger partial charge in [0.05, 0.1) is 5.69 Å². The fourth-order valence-electron chi connectivity index (χ4n) is 1.96. The van der Waals surface area contributed by atoms with Gasteiger partial charge in [-0.25, -0.2) is 0 Å². The molecule has 1 unspecified atom stereocenters. The van der Waals surface area contributed by atoms with Crippen LogP contribution in [-0.4, -0.2) is 19.2 Å². The van der Waals surface area contributed by atoms with Crippen molar-refractivity contribution in [3.05, 3.63) is 35.9 Å². The summed E-state index contributed by atoms with van der Waals surface area (Å²) in [5, 5.41) is 0. The number of fused-ring (bicyclic) bond motifs is 1. The van der Waals surface area contributed by atoms with E-state index in [1.165, 1.54) is 0 Å². The standard InChI is InChI=1S/C14H17NO2/c1-10(2)14(16)15-12-7-5-4-6-11(12)8-9-13(15)17-3/h4-10,13H,1-3H3. The Labute approximate surface area is 102 Å². The van der Waals surface area contributed by atoms with Crippen molar-refractivity contribution >= 4 is 17.7 Å². The monoisotopic (exact) mass is 231 g/mol. The molecule has 0 saturated carbocycles. The summed E-state index contributed by atoms with van der Waals surface area (Å²) in [5.74, 6) is 0.0286. The van der Waals surface area contributed by atoms with E-state index >= 15 is 0 Å². The second kappa shape index (κ2) is 4.72. The topological polar surface area (TPSA) is 29.5 Å². The van der Waals surface area contributed by atoms with Gasteiger partial charge in [-0.15, -0.1) is 0 Å². The molecule has 90 valence electrons. The molecule has 0 spiro atoms. The molecule has 1 atom stereocenters. The van der Waals surface area contributed by atoms with Gasteiger partial charge in [0.1, 0.15) is 0 Å². The van der Waals surface area contributed by atoms with Crippen LogP contribution in [0.4, 0.5) is 5.69 Å². The lowest BCUT2D eigenvalue weighted by molar-refractivity contribution is -0.123. The molecule has 1 amide bonds. The summed E-state index contributed by atoms with van der Waals surface area (Å²) in [6.07, 6.45) is 3.59. The Morgan fingerprint density at radius 3 is 2.71 bits per heavy atom. The van der Waals surface area contributed by atoms with Gasteiger partial charge in [-0.3, -0.25) is 9.69 Å². The van der Waals surface area contributed by atoms with Gasteiger partial charge in [0.2, 0.25) is 5.91 Å². The van der Waals surface area contributed by atoms with Gasteiger partial charge in [0, 0.05) is 13.0 Å². The van der Waals surface area contributed by atoms with Crippen molar-refractivity contribution in [2.45, 2.75) is 20.1 Å². The Hall–Kier alpha value is -1.61. The van der Waals surface area contributed by atoms with E-state index in [9.17, 15) is 4.79 Å². The van der Waals surface area contributed by atoms with Crippen molar-refractivity contribution in [3.8, 4) is 0 Å². The highest BCUT2D eigenvalue weighted by atomic mass is 16.5. The Bertz CT molecular complexity index is 451. The quantitative estimate of drug-likeness (QED) is 0.783. The number of rotatable bonds is 2. The summed E-state index contributed by atoms with van der Waals surface area (Å²) in [6.45, 7) is 3.80. The van der Waals surface area contributed by atoms with Gasteiger partial charge < -0.3 is 4.74 Å². The van der Waals surface area contributed by atoms with Crippen LogP contribution in [0.15, 0.2) is 30.3 Å². The zero-order valence-electron chi connectivity index (χ0n) is 10.4. The van der Waals surface area contributed by atoms with E-state index in [-0.39, 0.29) is 18.1 Å². The minimum Gasteiger partial charge on any atom is -0.357 e. The molecule has 0 bridgehead atoms. The van der Waals surface area contributed by atoms with Gasteiger partial charge >= 0.3 is 0 Å². The molecule has 2 rings (SSSR count). The molecule has 0 N–H and O–H groups in total. The van der Waals surface area contributed by atoms with E-state index in [1.54, 1.807) is 12.0 Å². The second-order valence-electron chi connectivity index (χ2n) is 4.41. The third-order valence-electron chi connectivity index (χ3n) is 2.86. The number of anilines is 1. The number of para-hydroxylation sites is 1. The Kier molecular flexibility index (Phi) is 3.29. The summed E-state index contributed by atoms with van der Waals surface area (Å²) in [4.78, 5) is 14.0. The fourth-order valence-corrected chi connectivity index (χ4v) is 1.96. The van der Waals surface area contributed by atoms with E-state index in [4.69, 9.17) is 4.74 Å². The van der Waals surface area contributed by atoms with E-state index in [0.29, 0.717) is 0 Å². The van der Waals surface area contributed by atoms with Crippen LogP contribution in [0.2, 0.25) is 0 Å². The molecule has 1 aromatic carbocycles. The highest BCUT2D eigenvalue weighted by molar-refractivity contribution is 5.98. The molecule has 17 heavy (non-hydrogen) atoms. The Morgan fingerprint density at radius 1 is 1.35 bits per heavy atom. The maximum Gasteiger partial charge on any atom is 0.231 e. The van der Waals surface area contributed by atoms with Gasteiger partial charge in [0.25, 0.3) is 0 Å². The van der Waals surface area contributed by atoms with Gasteiger partial charge in [-0.2, -0.15) is 0 Å². The number of methoxy groups -OCH3 is 1. The van der Waals surface area contributed by atoms with Crippen LogP contribution in [0.3, 0.4) is 0 Å². The minimum atomic E-state index is -0.306. The zero-order valence-corrected chi connectivity index (χ0v) is 10.4. The number of hydrogen-bond donors (Lipinski definition) is 0. The molecule has 0 radical (unpaired) electrons. The minimum absolute atomic E-state index is 0.0489. The number of ether oxygens (including phenoxy) is 1. The third kappa shape index (κ3) is 2.11. The smallest absolute Gasteiger partial charge is 0.231 e. The molecular weight excluding hydrogens is 214 g/mol. The number of carbonyl (C=O) groups excluding carboxylic acids is 1. The van der Waals surface area contributed by atoms with Crippen LogP contribution in [0.25, 0.3) is 6.08 Å². The molecule has 0 saturated heterocycles. The number of amides is 1. The van der Waals surface area contributed by atoms with Gasteiger partial charge in [0.15, 0.2) is 6.23 Å². The third-order valence-corrected chi connectivity index (χ3v) is 2.86. The normalized spacial score (nSPS) is 18.4. The van der Waals surface area contributed by atoms with Gasteiger partial charge in [-0.05, 0) is 17.7 Å². The molecule has 1 aliphatic heterocycles. The summed E-state index contributed by atoms with van der Waals surface area (Å²) in [5.41, 5.74) is 1.97. The van der Waals surface area contributed by atoms with Crippen molar-refractivity contribution < 1.29 is 9.53 Å². The molecule has 3 nitrogen and oxygen atoms in total. The predicted molar refractivity (Wildman–Crippen MR) is 68.6 cm³/mol. The highest BCUT2D eigenvalue weighted by Crippen LogP contribution is 2.30. The van der Waals surface area contributed by atoms with Crippen LogP contribution in [-0.2, 0) is 9.53 Å². The summed E-state index contributed by atoms with van der Waals surface area (Å²) in [6, 6.07) is 7.85. The van der Waals surface area contributed by atoms with E-state index < -0.39 is 0 Å². The van der Waals surface area contributed by atoms with Crippen LogP contribution in [0.1, 0.15) is 19.4 Å². The Morgan fingerprint density at radius 2 is 2.06 bits per heavy atom. The first-order chi connectivity index (χ1) is 8.15. The number of carbonyl (C=O) groups is 1. The average Bonchev–Trinajstić information content (AvgIpc) is 2.36. The molecular formula is C14H17NO2. The molecule has 0 fully saturated rings. The van der Waals surface area contributed by atoms with Gasteiger partial charge in [-0.1, -0.05) is 38.1 Å². The molecule has 3 heteroatoms. The van der Waals surface area contributed by atoms with Crippen LogP contribution < -0.4 is 4.90 Å². The summed E-state index contributed by atoms with van der Waals surface area (Å²) < 4.78 is 5.35. The first-order valence-electron chi connectivity index (χ1n) is 5.78. The van der Waals surface area contributed by atoms with Crippen LogP contribution in [0, 0.1) is 5.92 Å². The van der Waals surface area contributed by atoms with Crippen molar-refractivity contribution in [2.24, 2.45) is 5.92 Å². The number of hydrogen-bond acceptors (Lipinski definition) is 2. The molecule has 0 aliphatic carbocycles. The summed E-state index contributed by atoms with van der Waals surface area (Å²) >= 11 is 0. The molecule has 0 aromatic heterocycles. The lowest BCUT2D eigenvalue weighted by Crippen LogP contribution is -2.44. The second-order valence-corrected chi connectivity index (χ2v) is 4.41. The van der Waals surface area contributed by atoms with Crippen molar-refractivity contribution in [1.29, 1.82) is 0 Å².